The predicted molar refractivity (Wildman–Crippen MR) is 113 cm³/mol. The van der Waals surface area contributed by atoms with Crippen LogP contribution in [-0.4, -0.2) is 53.4 Å². The van der Waals surface area contributed by atoms with E-state index in [9.17, 15) is 4.79 Å². The SMILES string of the molecule is O=C(Nc1nnc(N2CCN(c3c(Cl)cncc3Cl)CC2)s1)NC1CCCC1. The highest BCUT2D eigenvalue weighted by atomic mass is 35.5. The van der Waals surface area contributed by atoms with Gasteiger partial charge in [-0.25, -0.2) is 4.79 Å². The molecule has 0 unspecified atom stereocenters. The number of nitrogens with zero attached hydrogens (tertiary/aromatic N) is 5. The van der Waals surface area contributed by atoms with E-state index in [0.717, 1.165) is 49.8 Å². The van der Waals surface area contributed by atoms with Crippen molar-refractivity contribution in [1.82, 2.24) is 20.5 Å². The van der Waals surface area contributed by atoms with Gasteiger partial charge in [-0.05, 0) is 12.8 Å². The first-order chi connectivity index (χ1) is 13.6. The maximum Gasteiger partial charge on any atom is 0.321 e. The van der Waals surface area contributed by atoms with Crippen LogP contribution in [0.1, 0.15) is 25.7 Å². The zero-order chi connectivity index (χ0) is 19.5. The van der Waals surface area contributed by atoms with Crippen molar-refractivity contribution in [2.75, 3.05) is 41.3 Å². The molecule has 4 rings (SSSR count). The molecule has 1 aliphatic heterocycles. The van der Waals surface area contributed by atoms with Gasteiger partial charge in [0.1, 0.15) is 0 Å². The van der Waals surface area contributed by atoms with Gasteiger partial charge in [0.25, 0.3) is 0 Å². The summed E-state index contributed by atoms with van der Waals surface area (Å²) in [5.41, 5.74) is 0.821. The molecule has 0 aromatic carbocycles. The number of halogens is 2. The number of nitrogens with one attached hydrogen (secondary N) is 2. The minimum Gasteiger partial charge on any atom is -0.365 e. The summed E-state index contributed by atoms with van der Waals surface area (Å²) >= 11 is 13.9. The van der Waals surface area contributed by atoms with Crippen LogP contribution < -0.4 is 20.4 Å². The molecule has 2 aromatic heterocycles. The van der Waals surface area contributed by atoms with Crippen molar-refractivity contribution in [2.45, 2.75) is 31.7 Å². The lowest BCUT2D eigenvalue weighted by atomic mass is 10.3. The van der Waals surface area contributed by atoms with E-state index in [1.165, 1.54) is 24.2 Å². The molecule has 8 nitrogen and oxygen atoms in total. The lowest BCUT2D eigenvalue weighted by molar-refractivity contribution is 0.248. The normalized spacial score (nSPS) is 17.8. The number of anilines is 3. The molecule has 2 amide bonds. The second kappa shape index (κ2) is 8.67. The number of carbonyl (C=O) groups is 1. The summed E-state index contributed by atoms with van der Waals surface area (Å²) in [6.07, 6.45) is 7.66. The summed E-state index contributed by atoms with van der Waals surface area (Å²) in [7, 11) is 0. The van der Waals surface area contributed by atoms with Crippen molar-refractivity contribution in [1.29, 1.82) is 0 Å². The van der Waals surface area contributed by atoms with Gasteiger partial charge in [-0.3, -0.25) is 10.3 Å². The summed E-state index contributed by atoms with van der Waals surface area (Å²) in [5, 5.41) is 16.5. The molecule has 150 valence electrons. The molecule has 2 aliphatic rings. The molecule has 2 fully saturated rings. The first-order valence-electron chi connectivity index (χ1n) is 9.30. The van der Waals surface area contributed by atoms with Gasteiger partial charge >= 0.3 is 6.03 Å². The van der Waals surface area contributed by atoms with Crippen molar-refractivity contribution in [3.05, 3.63) is 22.4 Å². The fourth-order valence-corrected chi connectivity index (χ4v) is 5.01. The third-order valence-electron chi connectivity index (χ3n) is 5.02. The Kier molecular flexibility index (Phi) is 6.03. The van der Waals surface area contributed by atoms with Crippen molar-refractivity contribution >= 4 is 56.5 Å². The Morgan fingerprint density at radius 2 is 1.68 bits per heavy atom. The Morgan fingerprint density at radius 3 is 2.36 bits per heavy atom. The molecular weight excluding hydrogens is 421 g/mol. The van der Waals surface area contributed by atoms with E-state index in [-0.39, 0.29) is 12.1 Å². The van der Waals surface area contributed by atoms with Crippen LogP contribution in [-0.2, 0) is 0 Å². The van der Waals surface area contributed by atoms with Crippen molar-refractivity contribution in [3.8, 4) is 0 Å². The van der Waals surface area contributed by atoms with E-state index in [0.29, 0.717) is 15.2 Å². The smallest absolute Gasteiger partial charge is 0.321 e. The third-order valence-corrected chi connectivity index (χ3v) is 6.47. The predicted octanol–water partition coefficient (Wildman–Crippen LogP) is 3.63. The standard InChI is InChI=1S/C17H21Cl2N7OS/c18-12-9-20-10-13(19)14(12)25-5-7-26(8-6-25)17-24-23-16(28-17)22-15(27)21-11-3-1-2-4-11/h9-11H,1-8H2,(H2,21,22,23,27). The molecule has 2 N–H and O–H groups in total. The Labute approximate surface area is 177 Å². The largest absolute Gasteiger partial charge is 0.365 e. The molecule has 0 radical (unpaired) electrons. The molecule has 0 bridgehead atoms. The number of piperazine rings is 1. The number of rotatable bonds is 4. The number of amides is 2. The van der Waals surface area contributed by atoms with Gasteiger partial charge in [-0.15, -0.1) is 10.2 Å². The summed E-state index contributed by atoms with van der Waals surface area (Å²) in [4.78, 5) is 20.4. The average molecular weight is 442 g/mol. The van der Waals surface area contributed by atoms with E-state index in [1.807, 2.05) is 0 Å². The molecule has 28 heavy (non-hydrogen) atoms. The molecule has 1 aliphatic carbocycles. The Bertz CT molecular complexity index is 814. The second-order valence-electron chi connectivity index (χ2n) is 6.90. The first kappa shape index (κ1) is 19.5. The van der Waals surface area contributed by atoms with E-state index in [4.69, 9.17) is 23.2 Å². The number of hydrogen-bond acceptors (Lipinski definition) is 7. The van der Waals surface area contributed by atoms with Crippen LogP contribution in [0.25, 0.3) is 0 Å². The Balaban J connectivity index is 1.32. The zero-order valence-electron chi connectivity index (χ0n) is 15.2. The molecule has 0 spiro atoms. The highest BCUT2D eigenvalue weighted by molar-refractivity contribution is 7.19. The van der Waals surface area contributed by atoms with Crippen molar-refractivity contribution in [2.24, 2.45) is 0 Å². The molecule has 1 saturated carbocycles. The van der Waals surface area contributed by atoms with Crippen LogP contribution in [0.5, 0.6) is 0 Å². The fourth-order valence-electron chi connectivity index (χ4n) is 3.61. The Hall–Kier alpha value is -1.84. The number of carbonyl (C=O) groups excluding carboxylic acids is 1. The maximum absolute atomic E-state index is 12.1. The lowest BCUT2D eigenvalue weighted by Gasteiger charge is -2.36. The van der Waals surface area contributed by atoms with E-state index >= 15 is 0 Å². The summed E-state index contributed by atoms with van der Waals surface area (Å²) in [6, 6.07) is 0.0636. The summed E-state index contributed by atoms with van der Waals surface area (Å²) in [6.45, 7) is 3.04. The van der Waals surface area contributed by atoms with Crippen LogP contribution in [0.3, 0.4) is 0 Å². The molecular formula is C17H21Cl2N7OS. The minimum absolute atomic E-state index is 0.207. The van der Waals surface area contributed by atoms with Crippen LogP contribution in [0.2, 0.25) is 10.0 Å². The molecule has 2 aromatic rings. The van der Waals surface area contributed by atoms with Crippen LogP contribution in [0.4, 0.5) is 20.7 Å². The average Bonchev–Trinajstić information content (AvgIpc) is 3.34. The summed E-state index contributed by atoms with van der Waals surface area (Å²) in [5.74, 6) is 0. The fraction of sp³-hybridized carbons (Fsp3) is 0.529. The topological polar surface area (TPSA) is 86.3 Å². The van der Waals surface area contributed by atoms with Gasteiger partial charge in [0, 0.05) is 44.6 Å². The van der Waals surface area contributed by atoms with E-state index in [2.05, 4.69) is 35.6 Å². The van der Waals surface area contributed by atoms with Crippen molar-refractivity contribution < 1.29 is 4.79 Å². The van der Waals surface area contributed by atoms with Crippen LogP contribution in [0, 0.1) is 0 Å². The van der Waals surface area contributed by atoms with Gasteiger partial charge < -0.3 is 15.1 Å². The monoisotopic (exact) mass is 441 g/mol. The van der Waals surface area contributed by atoms with Crippen molar-refractivity contribution in [3.63, 3.8) is 0 Å². The zero-order valence-corrected chi connectivity index (χ0v) is 17.5. The number of aromatic nitrogens is 3. The minimum atomic E-state index is -0.207. The van der Waals surface area contributed by atoms with Gasteiger partial charge in [0.2, 0.25) is 10.3 Å². The second-order valence-corrected chi connectivity index (χ2v) is 8.67. The van der Waals surface area contributed by atoms with E-state index < -0.39 is 0 Å². The molecule has 3 heterocycles. The lowest BCUT2D eigenvalue weighted by Crippen LogP contribution is -2.46. The third kappa shape index (κ3) is 4.42. The van der Waals surface area contributed by atoms with Crippen LogP contribution >= 0.6 is 34.5 Å². The first-order valence-corrected chi connectivity index (χ1v) is 10.9. The number of urea groups is 1. The summed E-state index contributed by atoms with van der Waals surface area (Å²) < 4.78 is 0. The molecule has 0 atom stereocenters. The molecule has 11 heteroatoms. The van der Waals surface area contributed by atoms with Gasteiger partial charge in [0.15, 0.2) is 0 Å². The van der Waals surface area contributed by atoms with Crippen LogP contribution in [0.15, 0.2) is 12.4 Å². The van der Waals surface area contributed by atoms with E-state index in [1.54, 1.807) is 12.4 Å². The number of hydrogen-bond donors (Lipinski definition) is 2. The van der Waals surface area contributed by atoms with Gasteiger partial charge in [0.05, 0.1) is 15.7 Å². The highest BCUT2D eigenvalue weighted by Gasteiger charge is 2.24. The van der Waals surface area contributed by atoms with Gasteiger partial charge in [-0.2, -0.15) is 0 Å². The quantitative estimate of drug-likeness (QED) is 0.752. The molecule has 1 saturated heterocycles. The highest BCUT2D eigenvalue weighted by Crippen LogP contribution is 2.34. The number of pyridine rings is 1. The maximum atomic E-state index is 12.1. The van der Waals surface area contributed by atoms with Gasteiger partial charge in [-0.1, -0.05) is 47.4 Å². The Morgan fingerprint density at radius 1 is 1.04 bits per heavy atom.